The molecule has 0 heterocycles. The normalized spacial score (nSPS) is 19.4. The quantitative estimate of drug-likeness (QED) is 0.582. The second kappa shape index (κ2) is 8.62. The molecule has 1 aliphatic carbocycles. The van der Waals surface area contributed by atoms with E-state index in [4.69, 9.17) is 0 Å². The first-order chi connectivity index (χ1) is 14.1. The van der Waals surface area contributed by atoms with E-state index in [1.807, 2.05) is 32.9 Å². The molecule has 0 bridgehead atoms. The maximum Gasteiger partial charge on any atom is 0.573 e. The zero-order chi connectivity index (χ0) is 22.1. The minimum absolute atomic E-state index is 0.105. The number of alkyl halides is 3. The number of carbonyl (C=O) groups is 2. The molecule has 0 spiro atoms. The van der Waals surface area contributed by atoms with Crippen LogP contribution in [-0.2, 0) is 28.9 Å². The molecule has 0 radical (unpaired) electrons. The molecule has 0 N–H and O–H groups in total. The molecule has 3 nitrogen and oxygen atoms in total. The number of halogens is 3. The van der Waals surface area contributed by atoms with Crippen LogP contribution in [-0.4, -0.2) is 17.9 Å². The summed E-state index contributed by atoms with van der Waals surface area (Å²) in [5.74, 6) is -1.90. The topological polar surface area (TPSA) is 43.4 Å². The maximum atomic E-state index is 13.2. The van der Waals surface area contributed by atoms with Crippen molar-refractivity contribution < 1.29 is 27.5 Å². The van der Waals surface area contributed by atoms with Gasteiger partial charge in [0.1, 0.15) is 17.5 Å². The largest absolute Gasteiger partial charge is 0.573 e. The van der Waals surface area contributed by atoms with E-state index in [9.17, 15) is 22.8 Å². The van der Waals surface area contributed by atoms with Crippen molar-refractivity contribution in [3.63, 3.8) is 0 Å². The Labute approximate surface area is 174 Å². The highest BCUT2D eigenvalue weighted by Gasteiger charge is 2.43. The standard InChI is InChI=1S/C24H25F3O3/c1-4-16-9-14(3)10-17(5-2)21(16)22-20(28)13-18(23(22)29)11-15-7-6-8-19(12-15)30-24(25,26)27/h6-10,12,18,22H,4-5,11,13H2,1-3H3. The van der Waals surface area contributed by atoms with Gasteiger partial charge in [0.2, 0.25) is 0 Å². The summed E-state index contributed by atoms with van der Waals surface area (Å²) in [6.45, 7) is 6.01. The Kier molecular flexibility index (Phi) is 6.34. The molecule has 0 aliphatic heterocycles. The number of rotatable bonds is 6. The van der Waals surface area contributed by atoms with Crippen LogP contribution in [0.2, 0.25) is 0 Å². The summed E-state index contributed by atoms with van der Waals surface area (Å²) in [6, 6.07) is 9.66. The molecule has 1 aliphatic rings. The lowest BCUT2D eigenvalue weighted by atomic mass is 9.83. The Hall–Kier alpha value is -2.63. The van der Waals surface area contributed by atoms with E-state index in [-0.39, 0.29) is 30.2 Å². The summed E-state index contributed by atoms with van der Waals surface area (Å²) in [4.78, 5) is 26.1. The molecule has 1 saturated carbocycles. The van der Waals surface area contributed by atoms with Crippen molar-refractivity contribution in [2.24, 2.45) is 5.92 Å². The lowest BCUT2D eigenvalue weighted by Crippen LogP contribution is -2.20. The number of ketones is 2. The van der Waals surface area contributed by atoms with Crippen molar-refractivity contribution in [3.05, 3.63) is 64.2 Å². The van der Waals surface area contributed by atoms with E-state index in [0.29, 0.717) is 5.56 Å². The van der Waals surface area contributed by atoms with E-state index < -0.39 is 18.2 Å². The number of aryl methyl sites for hydroxylation is 3. The van der Waals surface area contributed by atoms with Gasteiger partial charge in [0, 0.05) is 12.3 Å². The maximum absolute atomic E-state index is 13.2. The van der Waals surface area contributed by atoms with Gasteiger partial charge in [-0.1, -0.05) is 43.7 Å². The summed E-state index contributed by atoms with van der Waals surface area (Å²) < 4.78 is 41.4. The molecule has 2 aromatic carbocycles. The van der Waals surface area contributed by atoms with Crippen LogP contribution in [0.5, 0.6) is 5.75 Å². The molecular weight excluding hydrogens is 393 g/mol. The number of hydrogen-bond acceptors (Lipinski definition) is 3. The van der Waals surface area contributed by atoms with Gasteiger partial charge >= 0.3 is 6.36 Å². The minimum atomic E-state index is -4.78. The fraction of sp³-hybridized carbons (Fsp3) is 0.417. The molecule has 30 heavy (non-hydrogen) atoms. The SMILES string of the molecule is CCc1cc(C)cc(CC)c1C1C(=O)CC(Cc2cccc(OC(F)(F)F)c2)C1=O. The first-order valence-corrected chi connectivity index (χ1v) is 10.2. The summed E-state index contributed by atoms with van der Waals surface area (Å²) in [5, 5.41) is 0. The minimum Gasteiger partial charge on any atom is -0.406 e. The van der Waals surface area contributed by atoms with E-state index in [2.05, 4.69) is 4.74 Å². The molecule has 0 aromatic heterocycles. The lowest BCUT2D eigenvalue weighted by Gasteiger charge is -2.19. The third-order valence-electron chi connectivity index (χ3n) is 5.62. The van der Waals surface area contributed by atoms with Gasteiger partial charge in [-0.25, -0.2) is 0 Å². The molecule has 6 heteroatoms. The Morgan fingerprint density at radius 2 is 1.67 bits per heavy atom. The fourth-order valence-electron chi connectivity index (χ4n) is 4.39. The van der Waals surface area contributed by atoms with Gasteiger partial charge in [0.05, 0.1) is 0 Å². The predicted molar refractivity (Wildman–Crippen MR) is 108 cm³/mol. The van der Waals surface area contributed by atoms with Crippen molar-refractivity contribution in [2.45, 2.75) is 58.7 Å². The van der Waals surface area contributed by atoms with Gasteiger partial charge in [-0.3, -0.25) is 9.59 Å². The number of Topliss-reactive ketones (excluding diaryl/α,β-unsaturated/α-hetero) is 2. The highest BCUT2D eigenvalue weighted by atomic mass is 19.4. The number of benzene rings is 2. The average Bonchev–Trinajstić information content (AvgIpc) is 2.93. The molecule has 0 saturated heterocycles. The molecule has 2 unspecified atom stereocenters. The van der Waals surface area contributed by atoms with Crippen LogP contribution in [0, 0.1) is 12.8 Å². The first kappa shape index (κ1) is 22.1. The summed E-state index contributed by atoms with van der Waals surface area (Å²) >= 11 is 0. The monoisotopic (exact) mass is 418 g/mol. The third-order valence-corrected chi connectivity index (χ3v) is 5.62. The van der Waals surface area contributed by atoms with Gasteiger partial charge in [0.25, 0.3) is 0 Å². The van der Waals surface area contributed by atoms with Crippen molar-refractivity contribution in [3.8, 4) is 5.75 Å². The van der Waals surface area contributed by atoms with E-state index in [0.717, 1.165) is 35.1 Å². The van der Waals surface area contributed by atoms with E-state index in [1.165, 1.54) is 18.2 Å². The molecule has 0 amide bonds. The smallest absolute Gasteiger partial charge is 0.406 e. The lowest BCUT2D eigenvalue weighted by molar-refractivity contribution is -0.274. The third kappa shape index (κ3) is 4.74. The van der Waals surface area contributed by atoms with Gasteiger partial charge in [0.15, 0.2) is 5.78 Å². The molecule has 2 aromatic rings. The van der Waals surface area contributed by atoms with Crippen molar-refractivity contribution in [2.75, 3.05) is 0 Å². The second-order valence-electron chi connectivity index (χ2n) is 7.81. The Bertz CT molecular complexity index is 937. The van der Waals surface area contributed by atoms with Crippen molar-refractivity contribution >= 4 is 11.6 Å². The average molecular weight is 418 g/mol. The Balaban J connectivity index is 1.87. The van der Waals surface area contributed by atoms with Crippen LogP contribution in [0.1, 0.15) is 54.0 Å². The number of carbonyl (C=O) groups excluding carboxylic acids is 2. The van der Waals surface area contributed by atoms with Crippen molar-refractivity contribution in [1.29, 1.82) is 0 Å². The summed E-state index contributed by atoms with van der Waals surface area (Å²) in [7, 11) is 0. The highest BCUT2D eigenvalue weighted by molar-refractivity contribution is 6.15. The zero-order valence-corrected chi connectivity index (χ0v) is 17.3. The first-order valence-electron chi connectivity index (χ1n) is 10.2. The van der Waals surface area contributed by atoms with Crippen LogP contribution < -0.4 is 4.74 Å². The van der Waals surface area contributed by atoms with Gasteiger partial charge in [-0.2, -0.15) is 0 Å². The predicted octanol–water partition coefficient (Wildman–Crippen LogP) is 5.50. The molecule has 1 fully saturated rings. The second-order valence-corrected chi connectivity index (χ2v) is 7.81. The van der Waals surface area contributed by atoms with E-state index in [1.54, 1.807) is 6.07 Å². The molecule has 2 atom stereocenters. The number of ether oxygens (including phenoxy) is 1. The zero-order valence-electron chi connectivity index (χ0n) is 17.3. The summed E-state index contributed by atoms with van der Waals surface area (Å²) in [5.41, 5.74) is 4.50. The van der Waals surface area contributed by atoms with Gasteiger partial charge in [-0.05, 0) is 60.6 Å². The van der Waals surface area contributed by atoms with Crippen LogP contribution >= 0.6 is 0 Å². The van der Waals surface area contributed by atoms with Crippen LogP contribution in [0.3, 0.4) is 0 Å². The molecule has 3 rings (SSSR count). The van der Waals surface area contributed by atoms with Gasteiger partial charge < -0.3 is 4.74 Å². The van der Waals surface area contributed by atoms with Crippen LogP contribution in [0.4, 0.5) is 13.2 Å². The fourth-order valence-corrected chi connectivity index (χ4v) is 4.39. The van der Waals surface area contributed by atoms with Gasteiger partial charge in [-0.15, -0.1) is 13.2 Å². The van der Waals surface area contributed by atoms with Crippen molar-refractivity contribution in [1.82, 2.24) is 0 Å². The Morgan fingerprint density at radius 3 is 2.23 bits per heavy atom. The van der Waals surface area contributed by atoms with Crippen LogP contribution in [0.25, 0.3) is 0 Å². The molecule has 160 valence electrons. The molecular formula is C24H25F3O3. The van der Waals surface area contributed by atoms with Crippen LogP contribution in [0.15, 0.2) is 36.4 Å². The Morgan fingerprint density at radius 1 is 1.03 bits per heavy atom. The summed E-state index contributed by atoms with van der Waals surface area (Å²) in [6.07, 6.45) is -3.01. The number of hydrogen-bond donors (Lipinski definition) is 0. The van der Waals surface area contributed by atoms with E-state index >= 15 is 0 Å². The highest BCUT2D eigenvalue weighted by Crippen LogP contribution is 2.38.